The van der Waals surface area contributed by atoms with Crippen LogP contribution in [0.15, 0.2) is 42.5 Å². The Morgan fingerprint density at radius 2 is 2.00 bits per heavy atom. The fraction of sp³-hybridized carbons (Fsp3) is 0.133. The summed E-state index contributed by atoms with van der Waals surface area (Å²) in [6.45, 7) is 2.09. The van der Waals surface area contributed by atoms with Crippen molar-refractivity contribution in [2.75, 3.05) is 11.1 Å². The van der Waals surface area contributed by atoms with Gasteiger partial charge < -0.3 is 16.8 Å². The number of primary amides is 1. The van der Waals surface area contributed by atoms with Gasteiger partial charge >= 0.3 is 0 Å². The van der Waals surface area contributed by atoms with Crippen molar-refractivity contribution in [3.05, 3.63) is 53.6 Å². The van der Waals surface area contributed by atoms with E-state index in [9.17, 15) is 4.79 Å². The number of carbonyl (C=O) groups excluding carboxylic acids is 1. The van der Waals surface area contributed by atoms with E-state index < -0.39 is 5.91 Å². The van der Waals surface area contributed by atoms with Gasteiger partial charge in [-0.3, -0.25) is 4.79 Å². The number of nitrogens with one attached hydrogen (secondary N) is 1. The molecule has 0 bridgehead atoms. The van der Waals surface area contributed by atoms with E-state index in [4.69, 9.17) is 11.5 Å². The van der Waals surface area contributed by atoms with E-state index in [0.29, 0.717) is 16.9 Å². The molecule has 0 aromatic heterocycles. The van der Waals surface area contributed by atoms with Crippen molar-refractivity contribution in [1.82, 2.24) is 0 Å². The zero-order valence-electron chi connectivity index (χ0n) is 10.8. The van der Waals surface area contributed by atoms with Crippen LogP contribution in [-0.4, -0.2) is 5.91 Å². The molecule has 0 saturated carbocycles. The monoisotopic (exact) mass is 255 g/mol. The number of nitrogens with two attached hydrogens (primary N) is 2. The quantitative estimate of drug-likeness (QED) is 0.735. The number of anilines is 3. The van der Waals surface area contributed by atoms with Crippen LogP contribution in [0, 0.1) is 0 Å². The highest BCUT2D eigenvalue weighted by atomic mass is 16.1. The van der Waals surface area contributed by atoms with Gasteiger partial charge in [-0.1, -0.05) is 19.1 Å². The number of aryl methyl sites for hydroxylation is 1. The van der Waals surface area contributed by atoms with Gasteiger partial charge in [0, 0.05) is 11.4 Å². The molecule has 0 spiro atoms. The molecule has 0 saturated heterocycles. The lowest BCUT2D eigenvalue weighted by atomic mass is 10.1. The average Bonchev–Trinajstić information content (AvgIpc) is 2.38. The summed E-state index contributed by atoms with van der Waals surface area (Å²) in [6.07, 6.45) is 0.953. The first kappa shape index (κ1) is 13.0. The first-order valence-corrected chi connectivity index (χ1v) is 6.15. The molecule has 2 aromatic rings. The molecule has 98 valence electrons. The van der Waals surface area contributed by atoms with Crippen molar-refractivity contribution in [3.63, 3.8) is 0 Å². The minimum atomic E-state index is -0.478. The molecule has 4 nitrogen and oxygen atoms in total. The third-order valence-corrected chi connectivity index (χ3v) is 2.92. The van der Waals surface area contributed by atoms with Crippen LogP contribution in [0.3, 0.4) is 0 Å². The predicted octanol–water partition coefficient (Wildman–Crippen LogP) is 2.67. The summed E-state index contributed by atoms with van der Waals surface area (Å²) in [5, 5.41) is 3.19. The Hall–Kier alpha value is -2.49. The van der Waals surface area contributed by atoms with Crippen molar-refractivity contribution in [2.24, 2.45) is 5.73 Å². The maximum absolute atomic E-state index is 11.4. The summed E-state index contributed by atoms with van der Waals surface area (Å²) >= 11 is 0. The summed E-state index contributed by atoms with van der Waals surface area (Å²) in [7, 11) is 0. The minimum Gasteiger partial charge on any atom is -0.399 e. The van der Waals surface area contributed by atoms with Gasteiger partial charge in [0.05, 0.1) is 11.3 Å². The molecule has 0 atom stereocenters. The molecule has 0 fully saturated rings. The molecular weight excluding hydrogens is 238 g/mol. The van der Waals surface area contributed by atoms with E-state index in [-0.39, 0.29) is 0 Å². The number of carbonyl (C=O) groups is 1. The Labute approximate surface area is 112 Å². The number of amides is 1. The van der Waals surface area contributed by atoms with Gasteiger partial charge in [0.1, 0.15) is 0 Å². The lowest BCUT2D eigenvalue weighted by molar-refractivity contribution is 0.100. The fourth-order valence-electron chi connectivity index (χ4n) is 1.90. The van der Waals surface area contributed by atoms with Crippen molar-refractivity contribution in [1.29, 1.82) is 0 Å². The van der Waals surface area contributed by atoms with Gasteiger partial charge in [-0.25, -0.2) is 0 Å². The number of benzene rings is 2. The third-order valence-electron chi connectivity index (χ3n) is 2.92. The second kappa shape index (κ2) is 5.44. The standard InChI is InChI=1S/C15H17N3O/c1-2-10-4-3-5-12(8-10)18-14-9-11(16)6-7-13(14)15(17)19/h3-9,18H,2,16H2,1H3,(H2,17,19). The van der Waals surface area contributed by atoms with Crippen LogP contribution in [0.25, 0.3) is 0 Å². The van der Waals surface area contributed by atoms with Crippen molar-refractivity contribution in [3.8, 4) is 0 Å². The number of hydrogen-bond acceptors (Lipinski definition) is 3. The first-order valence-electron chi connectivity index (χ1n) is 6.15. The Kier molecular flexibility index (Phi) is 3.71. The molecule has 2 rings (SSSR count). The van der Waals surface area contributed by atoms with Gasteiger partial charge in [-0.2, -0.15) is 0 Å². The molecular formula is C15H17N3O. The second-order valence-corrected chi connectivity index (χ2v) is 4.35. The minimum absolute atomic E-state index is 0.427. The van der Waals surface area contributed by atoms with E-state index in [1.165, 1.54) is 5.56 Å². The topological polar surface area (TPSA) is 81.1 Å². The molecule has 0 unspecified atom stereocenters. The van der Waals surface area contributed by atoms with E-state index in [0.717, 1.165) is 12.1 Å². The van der Waals surface area contributed by atoms with E-state index in [1.54, 1.807) is 18.2 Å². The van der Waals surface area contributed by atoms with Crippen LogP contribution in [-0.2, 0) is 6.42 Å². The molecule has 0 aliphatic heterocycles. The zero-order chi connectivity index (χ0) is 13.8. The van der Waals surface area contributed by atoms with Crippen LogP contribution < -0.4 is 16.8 Å². The molecule has 0 aliphatic rings. The highest BCUT2D eigenvalue weighted by Crippen LogP contribution is 2.24. The Bertz CT molecular complexity index is 608. The normalized spacial score (nSPS) is 10.2. The van der Waals surface area contributed by atoms with Crippen LogP contribution in [0.4, 0.5) is 17.1 Å². The summed E-state index contributed by atoms with van der Waals surface area (Å²) in [5.41, 5.74) is 14.9. The highest BCUT2D eigenvalue weighted by molar-refractivity contribution is 5.99. The second-order valence-electron chi connectivity index (χ2n) is 4.35. The molecule has 0 radical (unpaired) electrons. The molecule has 0 heterocycles. The fourth-order valence-corrected chi connectivity index (χ4v) is 1.90. The average molecular weight is 255 g/mol. The molecule has 19 heavy (non-hydrogen) atoms. The van der Waals surface area contributed by atoms with E-state index >= 15 is 0 Å². The SMILES string of the molecule is CCc1cccc(Nc2cc(N)ccc2C(N)=O)c1. The summed E-state index contributed by atoms with van der Waals surface area (Å²) in [6, 6.07) is 13.0. The lowest BCUT2D eigenvalue weighted by Gasteiger charge is -2.11. The predicted molar refractivity (Wildman–Crippen MR) is 78.5 cm³/mol. The first-order chi connectivity index (χ1) is 9.10. The molecule has 0 aliphatic carbocycles. The lowest BCUT2D eigenvalue weighted by Crippen LogP contribution is -2.13. The summed E-state index contributed by atoms with van der Waals surface area (Å²) in [4.78, 5) is 11.4. The third kappa shape index (κ3) is 3.04. The van der Waals surface area contributed by atoms with Crippen LogP contribution in [0.2, 0.25) is 0 Å². The summed E-state index contributed by atoms with van der Waals surface area (Å²) < 4.78 is 0. The van der Waals surface area contributed by atoms with Crippen molar-refractivity contribution in [2.45, 2.75) is 13.3 Å². The van der Waals surface area contributed by atoms with Crippen LogP contribution in [0.1, 0.15) is 22.8 Å². The smallest absolute Gasteiger partial charge is 0.250 e. The molecule has 5 N–H and O–H groups in total. The van der Waals surface area contributed by atoms with Crippen LogP contribution >= 0.6 is 0 Å². The van der Waals surface area contributed by atoms with Crippen molar-refractivity contribution < 1.29 is 4.79 Å². The number of rotatable bonds is 4. The summed E-state index contributed by atoms with van der Waals surface area (Å²) in [5.74, 6) is -0.478. The Morgan fingerprint density at radius 3 is 2.68 bits per heavy atom. The van der Waals surface area contributed by atoms with E-state index in [2.05, 4.69) is 18.3 Å². The number of hydrogen-bond donors (Lipinski definition) is 3. The van der Waals surface area contributed by atoms with Gasteiger partial charge in [0.25, 0.3) is 5.91 Å². The highest BCUT2D eigenvalue weighted by Gasteiger charge is 2.08. The van der Waals surface area contributed by atoms with E-state index in [1.807, 2.05) is 18.2 Å². The number of nitrogen functional groups attached to an aromatic ring is 1. The van der Waals surface area contributed by atoms with Crippen LogP contribution in [0.5, 0.6) is 0 Å². The molecule has 2 aromatic carbocycles. The van der Waals surface area contributed by atoms with Crippen molar-refractivity contribution >= 4 is 23.0 Å². The van der Waals surface area contributed by atoms with Gasteiger partial charge in [0.2, 0.25) is 0 Å². The van der Waals surface area contributed by atoms with Gasteiger partial charge in [0.15, 0.2) is 0 Å². The zero-order valence-corrected chi connectivity index (χ0v) is 10.8. The van der Waals surface area contributed by atoms with Gasteiger partial charge in [-0.05, 0) is 42.3 Å². The molecule has 1 amide bonds. The molecule has 4 heteroatoms. The van der Waals surface area contributed by atoms with Gasteiger partial charge in [-0.15, -0.1) is 0 Å². The Morgan fingerprint density at radius 1 is 1.21 bits per heavy atom. The maximum atomic E-state index is 11.4. The maximum Gasteiger partial charge on any atom is 0.250 e. The largest absolute Gasteiger partial charge is 0.399 e. The Balaban J connectivity index is 2.36.